The van der Waals surface area contributed by atoms with Crippen LogP contribution in [0.5, 0.6) is 0 Å². The van der Waals surface area contributed by atoms with E-state index in [1.807, 2.05) is 0 Å². The van der Waals surface area contributed by atoms with Crippen LogP contribution in [0.15, 0.2) is 0 Å². The molecule has 0 saturated carbocycles. The Morgan fingerprint density at radius 3 is 2.48 bits per heavy atom. The van der Waals surface area contributed by atoms with Crippen LogP contribution < -0.4 is 11.1 Å². The van der Waals surface area contributed by atoms with Gasteiger partial charge in [-0.2, -0.15) is 0 Å². The molecule has 2 atom stereocenters. The number of amides is 2. The molecule has 0 aliphatic carbocycles. The van der Waals surface area contributed by atoms with Gasteiger partial charge in [-0.15, -0.1) is 0 Å². The predicted molar refractivity (Wildman–Crippen MR) is 70.2 cm³/mol. The van der Waals surface area contributed by atoms with E-state index in [0.717, 1.165) is 0 Å². The van der Waals surface area contributed by atoms with Crippen LogP contribution in [0.2, 0.25) is 0 Å². The van der Waals surface area contributed by atoms with Crippen LogP contribution in [-0.4, -0.2) is 64.0 Å². The smallest absolute Gasteiger partial charge is 0.326 e. The molecule has 21 heavy (non-hydrogen) atoms. The molecule has 1 rings (SSSR count). The van der Waals surface area contributed by atoms with Crippen molar-refractivity contribution < 1.29 is 29.4 Å². The van der Waals surface area contributed by atoms with Crippen LogP contribution in [0.3, 0.4) is 0 Å². The minimum Gasteiger partial charge on any atom is -0.481 e. The van der Waals surface area contributed by atoms with E-state index in [4.69, 9.17) is 15.9 Å². The van der Waals surface area contributed by atoms with Gasteiger partial charge >= 0.3 is 11.9 Å². The quantitative estimate of drug-likeness (QED) is 0.441. The van der Waals surface area contributed by atoms with Crippen LogP contribution in [0, 0.1) is 0 Å². The summed E-state index contributed by atoms with van der Waals surface area (Å²) >= 11 is 0. The second-order valence-electron chi connectivity index (χ2n) is 4.78. The fourth-order valence-electron chi connectivity index (χ4n) is 2.25. The van der Waals surface area contributed by atoms with E-state index in [0.29, 0.717) is 19.4 Å². The van der Waals surface area contributed by atoms with Crippen LogP contribution in [-0.2, 0) is 19.2 Å². The summed E-state index contributed by atoms with van der Waals surface area (Å²) in [5, 5.41) is 19.8. The van der Waals surface area contributed by atoms with Gasteiger partial charge in [-0.3, -0.25) is 14.4 Å². The Morgan fingerprint density at radius 2 is 1.95 bits per heavy atom. The normalized spacial score (nSPS) is 19.1. The number of nitrogens with zero attached hydrogens (tertiary/aromatic N) is 1. The lowest BCUT2D eigenvalue weighted by molar-refractivity contribution is -0.144. The zero-order valence-corrected chi connectivity index (χ0v) is 11.4. The lowest BCUT2D eigenvalue weighted by Gasteiger charge is -2.25. The summed E-state index contributed by atoms with van der Waals surface area (Å²) < 4.78 is 0. The average molecular weight is 301 g/mol. The third-order valence-electron chi connectivity index (χ3n) is 3.31. The highest BCUT2D eigenvalue weighted by atomic mass is 16.4. The molecule has 9 nitrogen and oxygen atoms in total. The first-order chi connectivity index (χ1) is 9.86. The van der Waals surface area contributed by atoms with Gasteiger partial charge in [0.25, 0.3) is 0 Å². The van der Waals surface area contributed by atoms with Gasteiger partial charge in [-0.25, -0.2) is 4.79 Å². The number of carboxylic acid groups (broad SMARTS) is 2. The van der Waals surface area contributed by atoms with Gasteiger partial charge in [-0.05, 0) is 19.3 Å². The predicted octanol–water partition coefficient (Wildman–Crippen LogP) is -1.63. The summed E-state index contributed by atoms with van der Waals surface area (Å²) in [6.45, 7) is 0.187. The number of carbonyl (C=O) groups excluding carboxylic acids is 2. The van der Waals surface area contributed by atoms with E-state index in [2.05, 4.69) is 5.32 Å². The average Bonchev–Trinajstić information content (AvgIpc) is 2.91. The van der Waals surface area contributed by atoms with Crippen molar-refractivity contribution in [3.63, 3.8) is 0 Å². The second kappa shape index (κ2) is 7.58. The molecule has 0 aromatic heterocycles. The first kappa shape index (κ1) is 16.9. The summed E-state index contributed by atoms with van der Waals surface area (Å²) in [6.07, 6.45) is 0.487. The monoisotopic (exact) mass is 301 g/mol. The molecule has 1 aliphatic heterocycles. The number of likely N-dealkylation sites (tertiary alicyclic amines) is 1. The number of nitrogens with one attached hydrogen (secondary N) is 1. The molecule has 9 heteroatoms. The van der Waals surface area contributed by atoms with Gasteiger partial charge in [0.05, 0.1) is 6.54 Å². The second-order valence-corrected chi connectivity index (χ2v) is 4.78. The number of hydrogen-bond donors (Lipinski definition) is 4. The number of carboxylic acids is 2. The van der Waals surface area contributed by atoms with Crippen molar-refractivity contribution in [2.24, 2.45) is 5.73 Å². The topological polar surface area (TPSA) is 150 Å². The Hall–Kier alpha value is -2.16. The van der Waals surface area contributed by atoms with Gasteiger partial charge in [0, 0.05) is 13.0 Å². The number of hydrogen-bond acceptors (Lipinski definition) is 5. The standard InChI is InChI=1S/C12H19N3O6/c13-6-9(16)15-5-1-2-8(15)11(19)14-7(12(20)21)3-4-10(17)18/h7-8H,1-6,13H2,(H,14,19)(H,17,18)(H,20,21)/t7-,8-/m1/s1. The van der Waals surface area contributed by atoms with Gasteiger partial charge < -0.3 is 26.2 Å². The van der Waals surface area contributed by atoms with Crippen molar-refractivity contribution >= 4 is 23.8 Å². The van der Waals surface area contributed by atoms with Crippen LogP contribution >= 0.6 is 0 Å². The van der Waals surface area contributed by atoms with Crippen molar-refractivity contribution in [3.05, 3.63) is 0 Å². The lowest BCUT2D eigenvalue weighted by Crippen LogP contribution is -2.51. The minimum absolute atomic E-state index is 0.214. The third-order valence-corrected chi connectivity index (χ3v) is 3.31. The molecule has 2 amide bonds. The maximum atomic E-state index is 12.1. The van der Waals surface area contributed by atoms with E-state index in [9.17, 15) is 19.2 Å². The van der Waals surface area contributed by atoms with Crippen LogP contribution in [0.25, 0.3) is 0 Å². The van der Waals surface area contributed by atoms with E-state index < -0.39 is 29.9 Å². The summed E-state index contributed by atoms with van der Waals surface area (Å²) in [7, 11) is 0. The molecule has 1 aliphatic rings. The molecule has 5 N–H and O–H groups in total. The van der Waals surface area contributed by atoms with E-state index in [1.165, 1.54) is 4.90 Å². The Balaban J connectivity index is 2.66. The Morgan fingerprint density at radius 1 is 1.29 bits per heavy atom. The highest BCUT2D eigenvalue weighted by Gasteiger charge is 2.35. The van der Waals surface area contributed by atoms with Crippen molar-refractivity contribution in [2.75, 3.05) is 13.1 Å². The SMILES string of the molecule is NCC(=O)N1CCC[C@@H]1C(=O)N[C@H](CCC(=O)O)C(=O)O. The Kier molecular flexibility index (Phi) is 6.10. The molecule has 0 aromatic carbocycles. The number of rotatable bonds is 7. The number of aliphatic carboxylic acids is 2. The summed E-state index contributed by atoms with van der Waals surface area (Å²) in [4.78, 5) is 46.5. The number of carbonyl (C=O) groups is 4. The fourth-order valence-corrected chi connectivity index (χ4v) is 2.25. The lowest BCUT2D eigenvalue weighted by atomic mass is 10.1. The van der Waals surface area contributed by atoms with Gasteiger partial charge in [0.2, 0.25) is 11.8 Å². The van der Waals surface area contributed by atoms with E-state index in [-0.39, 0.29) is 25.3 Å². The van der Waals surface area contributed by atoms with Gasteiger partial charge in [0.1, 0.15) is 12.1 Å². The molecule has 0 bridgehead atoms. The minimum atomic E-state index is -1.31. The molecule has 0 unspecified atom stereocenters. The van der Waals surface area contributed by atoms with Gasteiger partial charge in [-0.1, -0.05) is 0 Å². The molecule has 0 aromatic rings. The molecule has 1 fully saturated rings. The summed E-state index contributed by atoms with van der Waals surface area (Å²) in [6, 6.07) is -2.03. The molecular weight excluding hydrogens is 282 g/mol. The molecule has 118 valence electrons. The fraction of sp³-hybridized carbons (Fsp3) is 0.667. The molecule has 1 heterocycles. The van der Waals surface area contributed by atoms with E-state index in [1.54, 1.807) is 0 Å². The summed E-state index contributed by atoms with van der Waals surface area (Å²) in [5.74, 6) is -3.41. The molecule has 1 saturated heterocycles. The largest absolute Gasteiger partial charge is 0.481 e. The highest BCUT2D eigenvalue weighted by molar-refractivity contribution is 5.91. The molecule has 0 radical (unpaired) electrons. The Bertz CT molecular complexity index is 439. The highest BCUT2D eigenvalue weighted by Crippen LogP contribution is 2.17. The van der Waals surface area contributed by atoms with Crippen LogP contribution in [0.4, 0.5) is 0 Å². The first-order valence-corrected chi connectivity index (χ1v) is 6.61. The Labute approximate surface area is 121 Å². The number of nitrogens with two attached hydrogens (primary N) is 1. The van der Waals surface area contributed by atoms with Crippen LogP contribution in [0.1, 0.15) is 25.7 Å². The zero-order chi connectivity index (χ0) is 16.0. The van der Waals surface area contributed by atoms with E-state index >= 15 is 0 Å². The molecular formula is C12H19N3O6. The maximum Gasteiger partial charge on any atom is 0.326 e. The van der Waals surface area contributed by atoms with Crippen molar-refractivity contribution in [1.29, 1.82) is 0 Å². The zero-order valence-electron chi connectivity index (χ0n) is 11.4. The third kappa shape index (κ3) is 4.71. The first-order valence-electron chi connectivity index (χ1n) is 6.61. The van der Waals surface area contributed by atoms with Crippen molar-refractivity contribution in [2.45, 2.75) is 37.8 Å². The summed E-state index contributed by atoms with van der Waals surface area (Å²) in [5.41, 5.74) is 5.26. The maximum absolute atomic E-state index is 12.1. The molecule has 0 spiro atoms. The van der Waals surface area contributed by atoms with Crippen molar-refractivity contribution in [3.8, 4) is 0 Å². The van der Waals surface area contributed by atoms with Gasteiger partial charge in [0.15, 0.2) is 0 Å². The van der Waals surface area contributed by atoms with Crippen molar-refractivity contribution in [1.82, 2.24) is 10.2 Å².